The summed E-state index contributed by atoms with van der Waals surface area (Å²) < 4.78 is 1.70. The van der Waals surface area contributed by atoms with Gasteiger partial charge in [-0.25, -0.2) is 4.68 Å². The number of halogens is 1. The van der Waals surface area contributed by atoms with Gasteiger partial charge < -0.3 is 5.32 Å². The number of benzene rings is 1. The fourth-order valence-corrected chi connectivity index (χ4v) is 2.83. The number of carbonyl (C=O) groups excluding carboxylic acids is 2. The van der Waals surface area contributed by atoms with Crippen molar-refractivity contribution in [1.82, 2.24) is 14.8 Å². The Labute approximate surface area is 138 Å². The molecule has 3 rings (SSSR count). The van der Waals surface area contributed by atoms with Gasteiger partial charge in [0.25, 0.3) is 5.91 Å². The molecule has 0 fully saturated rings. The van der Waals surface area contributed by atoms with E-state index in [1.165, 1.54) is 13.3 Å². The van der Waals surface area contributed by atoms with Crippen molar-refractivity contribution in [2.24, 2.45) is 0 Å². The van der Waals surface area contributed by atoms with E-state index in [-0.39, 0.29) is 17.9 Å². The van der Waals surface area contributed by atoms with Crippen LogP contribution in [0.1, 0.15) is 30.6 Å². The SMILES string of the molecule is CC(=O)Nc1ccc(Cl)c(C(=O)N2c3ncnn3CCC2C)c1. The molecule has 2 aromatic rings. The summed E-state index contributed by atoms with van der Waals surface area (Å²) >= 11 is 6.19. The van der Waals surface area contributed by atoms with Crippen molar-refractivity contribution in [2.75, 3.05) is 10.2 Å². The van der Waals surface area contributed by atoms with E-state index in [9.17, 15) is 9.59 Å². The maximum Gasteiger partial charge on any atom is 0.262 e. The molecule has 1 unspecified atom stereocenters. The largest absolute Gasteiger partial charge is 0.326 e. The number of aryl methyl sites for hydroxylation is 1. The van der Waals surface area contributed by atoms with E-state index in [4.69, 9.17) is 11.6 Å². The summed E-state index contributed by atoms with van der Waals surface area (Å²) in [7, 11) is 0. The van der Waals surface area contributed by atoms with Crippen LogP contribution >= 0.6 is 11.6 Å². The van der Waals surface area contributed by atoms with Crippen molar-refractivity contribution in [2.45, 2.75) is 32.9 Å². The Bertz CT molecular complexity index is 773. The first-order chi connectivity index (χ1) is 11.0. The van der Waals surface area contributed by atoms with Crippen LogP contribution in [0.2, 0.25) is 5.02 Å². The Hall–Kier alpha value is -2.41. The Morgan fingerprint density at radius 1 is 1.39 bits per heavy atom. The third kappa shape index (κ3) is 2.92. The fraction of sp³-hybridized carbons (Fsp3) is 0.333. The van der Waals surface area contributed by atoms with Gasteiger partial charge in [-0.15, -0.1) is 0 Å². The average molecular weight is 334 g/mol. The number of hydrogen-bond donors (Lipinski definition) is 1. The molecule has 1 aromatic carbocycles. The second kappa shape index (κ2) is 6.00. The molecule has 1 aliphatic rings. The van der Waals surface area contributed by atoms with Gasteiger partial charge in [-0.05, 0) is 31.5 Å². The van der Waals surface area contributed by atoms with Gasteiger partial charge in [0, 0.05) is 25.2 Å². The lowest BCUT2D eigenvalue weighted by molar-refractivity contribution is -0.114. The van der Waals surface area contributed by atoms with E-state index in [1.807, 2.05) is 6.92 Å². The van der Waals surface area contributed by atoms with E-state index in [0.717, 1.165) is 13.0 Å². The molecule has 2 heterocycles. The van der Waals surface area contributed by atoms with Gasteiger partial charge in [-0.2, -0.15) is 10.1 Å². The number of fused-ring (bicyclic) bond motifs is 1. The van der Waals surface area contributed by atoms with Crippen LogP contribution in [0.3, 0.4) is 0 Å². The molecule has 0 saturated heterocycles. The summed E-state index contributed by atoms with van der Waals surface area (Å²) in [6.45, 7) is 4.09. The lowest BCUT2D eigenvalue weighted by Gasteiger charge is -2.32. The quantitative estimate of drug-likeness (QED) is 0.914. The smallest absolute Gasteiger partial charge is 0.262 e. The summed E-state index contributed by atoms with van der Waals surface area (Å²) in [4.78, 5) is 30.0. The van der Waals surface area contributed by atoms with Crippen molar-refractivity contribution in [3.8, 4) is 0 Å². The maximum absolute atomic E-state index is 13.0. The second-order valence-electron chi connectivity index (χ2n) is 5.47. The van der Waals surface area contributed by atoms with Gasteiger partial charge in [-0.3, -0.25) is 14.5 Å². The summed E-state index contributed by atoms with van der Waals surface area (Å²) in [6.07, 6.45) is 2.22. The normalized spacial score (nSPS) is 16.8. The van der Waals surface area contributed by atoms with Gasteiger partial charge in [-0.1, -0.05) is 11.6 Å². The molecule has 23 heavy (non-hydrogen) atoms. The first-order valence-corrected chi connectivity index (χ1v) is 7.63. The van der Waals surface area contributed by atoms with Crippen LogP contribution in [-0.2, 0) is 11.3 Å². The number of hydrogen-bond acceptors (Lipinski definition) is 4. The zero-order valence-corrected chi connectivity index (χ0v) is 13.5. The third-order valence-corrected chi connectivity index (χ3v) is 4.08. The van der Waals surface area contributed by atoms with Gasteiger partial charge in [0.1, 0.15) is 6.33 Å². The topological polar surface area (TPSA) is 80.1 Å². The summed E-state index contributed by atoms with van der Waals surface area (Å²) in [5.74, 6) is 0.0372. The summed E-state index contributed by atoms with van der Waals surface area (Å²) in [6, 6.07) is 4.82. The molecule has 1 aliphatic heterocycles. The highest BCUT2D eigenvalue weighted by atomic mass is 35.5. The van der Waals surface area contributed by atoms with Crippen molar-refractivity contribution < 1.29 is 9.59 Å². The Morgan fingerprint density at radius 2 is 2.17 bits per heavy atom. The Kier molecular flexibility index (Phi) is 4.04. The fourth-order valence-electron chi connectivity index (χ4n) is 2.63. The molecule has 0 bridgehead atoms. The minimum atomic E-state index is -0.261. The van der Waals surface area contributed by atoms with Crippen molar-refractivity contribution in [1.29, 1.82) is 0 Å². The van der Waals surface area contributed by atoms with Crippen molar-refractivity contribution in [3.05, 3.63) is 35.1 Å². The van der Waals surface area contributed by atoms with Crippen LogP contribution < -0.4 is 10.2 Å². The van der Waals surface area contributed by atoms with Gasteiger partial charge >= 0.3 is 0 Å². The summed E-state index contributed by atoms with van der Waals surface area (Å²) in [5, 5.41) is 7.10. The van der Waals surface area contributed by atoms with Crippen LogP contribution in [0.5, 0.6) is 0 Å². The molecule has 1 N–H and O–H groups in total. The van der Waals surface area contributed by atoms with E-state index in [1.54, 1.807) is 27.8 Å². The molecule has 7 nitrogen and oxygen atoms in total. The monoisotopic (exact) mass is 333 g/mol. The molecule has 120 valence electrons. The number of nitrogens with one attached hydrogen (secondary N) is 1. The van der Waals surface area contributed by atoms with Crippen LogP contribution in [0, 0.1) is 0 Å². The molecular formula is C15H16ClN5O2. The zero-order chi connectivity index (χ0) is 16.6. The predicted molar refractivity (Wildman–Crippen MR) is 86.7 cm³/mol. The number of anilines is 2. The predicted octanol–water partition coefficient (Wildman–Crippen LogP) is 2.33. The second-order valence-corrected chi connectivity index (χ2v) is 5.88. The van der Waals surface area contributed by atoms with E-state index in [0.29, 0.717) is 22.2 Å². The molecular weight excluding hydrogens is 318 g/mol. The maximum atomic E-state index is 13.0. The highest BCUT2D eigenvalue weighted by Gasteiger charge is 2.32. The van der Waals surface area contributed by atoms with Crippen LogP contribution in [0.15, 0.2) is 24.5 Å². The molecule has 8 heteroatoms. The molecule has 0 saturated carbocycles. The van der Waals surface area contributed by atoms with E-state index < -0.39 is 0 Å². The minimum absolute atomic E-state index is 0.0142. The minimum Gasteiger partial charge on any atom is -0.326 e. The highest BCUT2D eigenvalue weighted by molar-refractivity contribution is 6.34. The number of amides is 2. The molecule has 1 aromatic heterocycles. The number of carbonyl (C=O) groups is 2. The van der Waals surface area contributed by atoms with Gasteiger partial charge in [0.15, 0.2) is 0 Å². The van der Waals surface area contributed by atoms with Crippen molar-refractivity contribution in [3.63, 3.8) is 0 Å². The average Bonchev–Trinajstić information content (AvgIpc) is 2.96. The zero-order valence-electron chi connectivity index (χ0n) is 12.8. The Balaban J connectivity index is 1.99. The van der Waals surface area contributed by atoms with Crippen LogP contribution in [0.4, 0.5) is 11.6 Å². The van der Waals surface area contributed by atoms with Crippen molar-refractivity contribution >= 4 is 35.1 Å². The number of nitrogens with zero attached hydrogens (tertiary/aromatic N) is 4. The van der Waals surface area contributed by atoms with Gasteiger partial charge in [0.2, 0.25) is 11.9 Å². The van der Waals surface area contributed by atoms with Gasteiger partial charge in [0.05, 0.1) is 10.6 Å². The number of aromatic nitrogens is 3. The first-order valence-electron chi connectivity index (χ1n) is 7.26. The molecule has 0 radical (unpaired) electrons. The standard InChI is InChI=1S/C15H16ClN5O2/c1-9-5-6-20-15(17-8-18-20)21(9)14(23)12-7-11(19-10(2)22)3-4-13(12)16/h3-4,7-9H,5-6H2,1-2H3,(H,19,22). The Morgan fingerprint density at radius 3 is 2.91 bits per heavy atom. The third-order valence-electron chi connectivity index (χ3n) is 3.75. The van der Waals surface area contributed by atoms with Crippen LogP contribution in [-0.4, -0.2) is 32.6 Å². The van der Waals surface area contributed by atoms with E-state index >= 15 is 0 Å². The molecule has 1 atom stereocenters. The molecule has 2 amide bonds. The molecule has 0 spiro atoms. The highest BCUT2D eigenvalue weighted by Crippen LogP contribution is 2.28. The van der Waals surface area contributed by atoms with E-state index in [2.05, 4.69) is 15.4 Å². The summed E-state index contributed by atoms with van der Waals surface area (Å²) in [5.41, 5.74) is 0.845. The number of rotatable bonds is 2. The first kappa shape index (κ1) is 15.5. The lowest BCUT2D eigenvalue weighted by atomic mass is 10.1. The molecule has 0 aliphatic carbocycles. The lowest BCUT2D eigenvalue weighted by Crippen LogP contribution is -2.44. The van der Waals surface area contributed by atoms with Crippen LogP contribution in [0.25, 0.3) is 0 Å².